The van der Waals surface area contributed by atoms with Gasteiger partial charge in [0.2, 0.25) is 5.89 Å². The first-order chi connectivity index (χ1) is 8.90. The van der Waals surface area contributed by atoms with Crippen molar-refractivity contribution in [3.63, 3.8) is 0 Å². The maximum Gasteiger partial charge on any atom is 0.227 e. The van der Waals surface area contributed by atoms with E-state index < -0.39 is 0 Å². The van der Waals surface area contributed by atoms with Gasteiger partial charge < -0.3 is 9.84 Å². The van der Waals surface area contributed by atoms with Gasteiger partial charge in [-0.3, -0.25) is 0 Å². The maximum atomic E-state index is 4.98. The third kappa shape index (κ3) is 3.67. The van der Waals surface area contributed by atoms with Gasteiger partial charge in [-0.15, -0.1) is 0 Å². The monoisotopic (exact) mass is 245 g/mol. The average Bonchev–Trinajstić information content (AvgIpc) is 2.92. The van der Waals surface area contributed by atoms with Crippen LogP contribution in [0.15, 0.2) is 41.2 Å². The second-order valence-corrected chi connectivity index (χ2v) is 4.29. The zero-order valence-corrected chi connectivity index (χ0v) is 10.7. The van der Waals surface area contributed by atoms with Crippen molar-refractivity contribution in [3.8, 4) is 0 Å². The molecule has 4 heteroatoms. The minimum atomic E-state index is 0.402. The first-order valence-corrected chi connectivity index (χ1v) is 6.44. The van der Waals surface area contributed by atoms with Crippen LogP contribution >= 0.6 is 0 Å². The Bertz CT molecular complexity index is 428. The summed E-state index contributed by atoms with van der Waals surface area (Å²) in [7, 11) is 0. The number of nitrogens with one attached hydrogen (secondary N) is 1. The highest BCUT2D eigenvalue weighted by atomic mass is 16.5. The third-order valence-corrected chi connectivity index (χ3v) is 2.92. The zero-order valence-electron chi connectivity index (χ0n) is 10.7. The van der Waals surface area contributed by atoms with Crippen molar-refractivity contribution in [2.75, 3.05) is 6.54 Å². The molecular formula is C14H19N3O. The second-order valence-electron chi connectivity index (χ2n) is 4.29. The van der Waals surface area contributed by atoms with Gasteiger partial charge in [-0.1, -0.05) is 48.8 Å². The second kappa shape index (κ2) is 6.91. The molecule has 0 aliphatic heterocycles. The molecule has 18 heavy (non-hydrogen) atoms. The largest absolute Gasteiger partial charge is 0.340 e. The van der Waals surface area contributed by atoms with Crippen LogP contribution in [0, 0.1) is 0 Å². The number of nitrogens with zero attached hydrogens (tertiary/aromatic N) is 2. The Kier molecular flexibility index (Phi) is 4.90. The Hall–Kier alpha value is -1.68. The fourth-order valence-electron chi connectivity index (χ4n) is 2.02. The number of benzene rings is 1. The summed E-state index contributed by atoms with van der Waals surface area (Å²) < 4.78 is 4.98. The molecule has 1 unspecified atom stereocenters. The van der Waals surface area contributed by atoms with Crippen molar-refractivity contribution in [1.29, 1.82) is 0 Å². The molecule has 1 heterocycles. The van der Waals surface area contributed by atoms with Gasteiger partial charge in [0.1, 0.15) is 0 Å². The molecule has 1 atom stereocenters. The lowest BCUT2D eigenvalue weighted by Gasteiger charge is -2.18. The maximum absolute atomic E-state index is 4.98. The predicted octanol–water partition coefficient (Wildman–Crippen LogP) is 2.74. The van der Waals surface area contributed by atoms with Crippen LogP contribution in [-0.4, -0.2) is 16.7 Å². The third-order valence-electron chi connectivity index (χ3n) is 2.92. The Morgan fingerprint density at radius 1 is 1.28 bits per heavy atom. The van der Waals surface area contributed by atoms with Crippen LogP contribution in [0.2, 0.25) is 0 Å². The van der Waals surface area contributed by atoms with E-state index in [0.717, 1.165) is 25.8 Å². The van der Waals surface area contributed by atoms with Gasteiger partial charge in [-0.05, 0) is 12.0 Å². The molecular weight excluding hydrogens is 226 g/mol. The molecule has 2 rings (SSSR count). The highest BCUT2D eigenvalue weighted by molar-refractivity contribution is 5.18. The van der Waals surface area contributed by atoms with E-state index in [-0.39, 0.29) is 0 Å². The smallest absolute Gasteiger partial charge is 0.227 e. The van der Waals surface area contributed by atoms with Gasteiger partial charge in [0.05, 0.1) is 0 Å². The van der Waals surface area contributed by atoms with E-state index in [9.17, 15) is 0 Å². The molecule has 0 spiro atoms. The summed E-state index contributed by atoms with van der Waals surface area (Å²) in [6, 6.07) is 10.9. The summed E-state index contributed by atoms with van der Waals surface area (Å²) in [6.45, 7) is 3.05. The van der Waals surface area contributed by atoms with Gasteiger partial charge in [0, 0.05) is 19.0 Å². The normalized spacial score (nSPS) is 12.5. The Morgan fingerprint density at radius 2 is 2.11 bits per heavy atom. The molecule has 0 saturated heterocycles. The summed E-state index contributed by atoms with van der Waals surface area (Å²) in [5, 5.41) is 7.15. The molecule has 0 bridgehead atoms. The summed E-state index contributed by atoms with van der Waals surface area (Å²) in [4.78, 5) is 4.01. The fourth-order valence-corrected chi connectivity index (χ4v) is 2.02. The van der Waals surface area contributed by atoms with Crippen LogP contribution in [0.25, 0.3) is 0 Å². The first-order valence-electron chi connectivity index (χ1n) is 6.44. The van der Waals surface area contributed by atoms with E-state index in [1.165, 1.54) is 11.9 Å². The highest BCUT2D eigenvalue weighted by Crippen LogP contribution is 2.17. The molecule has 0 saturated carbocycles. The van der Waals surface area contributed by atoms with Gasteiger partial charge in [0.15, 0.2) is 6.33 Å². The quantitative estimate of drug-likeness (QED) is 0.815. The van der Waals surface area contributed by atoms with Crippen molar-refractivity contribution >= 4 is 0 Å². The highest BCUT2D eigenvalue weighted by Gasteiger charge is 2.09. The van der Waals surface area contributed by atoms with E-state index in [1.54, 1.807) is 0 Å². The lowest BCUT2D eigenvalue weighted by atomic mass is 10.0. The molecule has 1 aromatic carbocycles. The number of hydrogen-bond acceptors (Lipinski definition) is 4. The SMILES string of the molecule is CCCC(NCCc1ncno1)c1ccccc1. The number of aromatic nitrogens is 2. The molecule has 0 fully saturated rings. The molecule has 1 aromatic heterocycles. The summed E-state index contributed by atoms with van der Waals surface area (Å²) in [6.07, 6.45) is 4.50. The minimum Gasteiger partial charge on any atom is -0.340 e. The van der Waals surface area contributed by atoms with E-state index in [1.807, 2.05) is 6.07 Å². The molecule has 0 aliphatic carbocycles. The number of hydrogen-bond donors (Lipinski definition) is 1. The molecule has 96 valence electrons. The average molecular weight is 245 g/mol. The van der Waals surface area contributed by atoms with Crippen molar-refractivity contribution in [3.05, 3.63) is 48.1 Å². The Labute approximate surface area is 107 Å². The van der Waals surface area contributed by atoms with E-state index in [2.05, 4.69) is 46.6 Å². The van der Waals surface area contributed by atoms with Crippen LogP contribution in [-0.2, 0) is 6.42 Å². The molecule has 2 aromatic rings. The van der Waals surface area contributed by atoms with E-state index >= 15 is 0 Å². The van der Waals surface area contributed by atoms with Gasteiger partial charge in [0.25, 0.3) is 0 Å². The fraction of sp³-hybridized carbons (Fsp3) is 0.429. The van der Waals surface area contributed by atoms with Crippen molar-refractivity contribution < 1.29 is 4.52 Å². The lowest BCUT2D eigenvalue weighted by molar-refractivity contribution is 0.370. The van der Waals surface area contributed by atoms with E-state index in [4.69, 9.17) is 4.52 Å². The van der Waals surface area contributed by atoms with Crippen LogP contribution < -0.4 is 5.32 Å². The summed E-state index contributed by atoms with van der Waals surface area (Å²) in [5.74, 6) is 0.686. The van der Waals surface area contributed by atoms with Gasteiger partial charge in [-0.2, -0.15) is 4.98 Å². The van der Waals surface area contributed by atoms with Gasteiger partial charge >= 0.3 is 0 Å². The summed E-state index contributed by atoms with van der Waals surface area (Å²) >= 11 is 0. The molecule has 1 N–H and O–H groups in total. The topological polar surface area (TPSA) is 51.0 Å². The lowest BCUT2D eigenvalue weighted by Crippen LogP contribution is -2.23. The first kappa shape index (κ1) is 12.8. The Balaban J connectivity index is 1.87. The molecule has 0 amide bonds. The molecule has 0 radical (unpaired) electrons. The molecule has 0 aliphatic rings. The Morgan fingerprint density at radius 3 is 2.78 bits per heavy atom. The number of rotatable bonds is 7. The summed E-state index contributed by atoms with van der Waals surface area (Å²) in [5.41, 5.74) is 1.34. The van der Waals surface area contributed by atoms with Crippen LogP contribution in [0.1, 0.15) is 37.3 Å². The van der Waals surface area contributed by atoms with Crippen molar-refractivity contribution in [2.45, 2.75) is 32.2 Å². The standard InChI is InChI=1S/C14H19N3O/c1-2-6-13(12-7-4-3-5-8-12)15-10-9-14-16-11-17-18-14/h3-5,7-8,11,13,15H,2,6,9-10H2,1H3. The van der Waals surface area contributed by atoms with E-state index in [0.29, 0.717) is 11.9 Å². The van der Waals surface area contributed by atoms with Crippen molar-refractivity contribution in [1.82, 2.24) is 15.5 Å². The predicted molar refractivity (Wildman–Crippen MR) is 70.1 cm³/mol. The minimum absolute atomic E-state index is 0.402. The van der Waals surface area contributed by atoms with Crippen molar-refractivity contribution in [2.24, 2.45) is 0 Å². The van der Waals surface area contributed by atoms with Crippen LogP contribution in [0.5, 0.6) is 0 Å². The zero-order chi connectivity index (χ0) is 12.6. The van der Waals surface area contributed by atoms with Crippen LogP contribution in [0.4, 0.5) is 0 Å². The van der Waals surface area contributed by atoms with Crippen LogP contribution in [0.3, 0.4) is 0 Å². The molecule has 4 nitrogen and oxygen atoms in total. The van der Waals surface area contributed by atoms with Gasteiger partial charge in [-0.25, -0.2) is 0 Å².